The van der Waals surface area contributed by atoms with Crippen LogP contribution in [0.15, 0.2) is 12.2 Å². The maximum absolute atomic E-state index is 12.4. The SMILES string of the molecule is CCC[CH2][Sn]([CH2]CCC)([CH2]CCC)[CH2]OC/C=C\[C@@H]1CCCN1C(=O)OC(C)(C)C. The number of ether oxygens (including phenoxy) is 2. The van der Waals surface area contributed by atoms with Crippen molar-refractivity contribution >= 4 is 24.5 Å². The molecule has 0 bridgehead atoms. The Labute approximate surface area is 191 Å². The minimum absolute atomic E-state index is 0.150. The Morgan fingerprint density at radius 2 is 1.60 bits per heavy atom. The Balaban J connectivity index is 2.58. The minimum atomic E-state index is -2.20. The molecule has 0 aromatic carbocycles. The maximum atomic E-state index is 12.4. The van der Waals surface area contributed by atoms with E-state index in [1.165, 1.54) is 51.8 Å². The zero-order valence-corrected chi connectivity index (χ0v) is 23.7. The van der Waals surface area contributed by atoms with E-state index in [4.69, 9.17) is 9.47 Å². The predicted molar refractivity (Wildman–Crippen MR) is 131 cm³/mol. The number of carbonyl (C=O) groups excluding carboxylic acids is 1. The van der Waals surface area contributed by atoms with Crippen LogP contribution in [0.3, 0.4) is 0 Å². The molecule has 0 aromatic heterocycles. The summed E-state index contributed by atoms with van der Waals surface area (Å²) >= 11 is -2.20. The van der Waals surface area contributed by atoms with Crippen molar-refractivity contribution in [2.75, 3.05) is 17.8 Å². The van der Waals surface area contributed by atoms with Crippen LogP contribution in [0.2, 0.25) is 13.3 Å². The quantitative estimate of drug-likeness (QED) is 0.134. The fraction of sp³-hybridized carbons (Fsp3) is 0.880. The van der Waals surface area contributed by atoms with Gasteiger partial charge in [0.1, 0.15) is 0 Å². The van der Waals surface area contributed by atoms with E-state index in [0.29, 0.717) is 6.61 Å². The fourth-order valence-electron chi connectivity index (χ4n) is 4.34. The Bertz CT molecular complexity index is 479. The molecule has 1 atom stereocenters. The van der Waals surface area contributed by atoms with Crippen LogP contribution in [0, 0.1) is 0 Å². The Morgan fingerprint density at radius 1 is 1.03 bits per heavy atom. The zero-order chi connectivity index (χ0) is 22.5. The Morgan fingerprint density at radius 3 is 2.10 bits per heavy atom. The molecule has 0 aliphatic carbocycles. The second-order valence-corrected chi connectivity index (χ2v) is 23.8. The van der Waals surface area contributed by atoms with Crippen molar-refractivity contribution in [2.45, 2.75) is 118 Å². The van der Waals surface area contributed by atoms with Gasteiger partial charge in [-0.1, -0.05) is 0 Å². The Hall–Kier alpha value is -0.231. The van der Waals surface area contributed by atoms with Gasteiger partial charge in [-0.25, -0.2) is 0 Å². The molecule has 1 saturated heterocycles. The third-order valence-corrected chi connectivity index (χ3v) is 20.5. The van der Waals surface area contributed by atoms with Gasteiger partial charge in [0.2, 0.25) is 0 Å². The number of unbranched alkanes of at least 4 members (excludes halogenated alkanes) is 3. The van der Waals surface area contributed by atoms with Gasteiger partial charge in [-0.2, -0.15) is 0 Å². The number of rotatable bonds is 14. The molecular weight excluding hydrogens is 481 g/mol. The summed E-state index contributed by atoms with van der Waals surface area (Å²) in [6.45, 7) is 14.2. The van der Waals surface area contributed by atoms with E-state index >= 15 is 0 Å². The Kier molecular flexibility index (Phi) is 13.7. The van der Waals surface area contributed by atoms with E-state index in [0.717, 1.165) is 24.0 Å². The van der Waals surface area contributed by atoms with Crippen molar-refractivity contribution in [1.29, 1.82) is 0 Å². The molecule has 176 valence electrons. The van der Waals surface area contributed by atoms with Crippen LogP contribution in [-0.4, -0.2) is 58.8 Å². The topological polar surface area (TPSA) is 38.8 Å². The average molecular weight is 530 g/mol. The summed E-state index contributed by atoms with van der Waals surface area (Å²) in [7, 11) is 0. The molecule has 0 radical (unpaired) electrons. The fourth-order valence-corrected chi connectivity index (χ4v) is 18.7. The first-order chi connectivity index (χ1) is 14.3. The molecule has 1 fully saturated rings. The van der Waals surface area contributed by atoms with Crippen molar-refractivity contribution in [3.63, 3.8) is 0 Å². The third-order valence-electron chi connectivity index (χ3n) is 6.09. The first kappa shape index (κ1) is 27.8. The number of hydrogen-bond donors (Lipinski definition) is 0. The van der Waals surface area contributed by atoms with Gasteiger partial charge in [-0.3, -0.25) is 0 Å². The summed E-state index contributed by atoms with van der Waals surface area (Å²) in [6, 6.07) is 0.150. The van der Waals surface area contributed by atoms with Crippen LogP contribution in [0.1, 0.15) is 92.9 Å². The van der Waals surface area contributed by atoms with E-state index in [9.17, 15) is 4.79 Å². The van der Waals surface area contributed by atoms with Crippen LogP contribution in [0.4, 0.5) is 4.79 Å². The summed E-state index contributed by atoms with van der Waals surface area (Å²) < 4.78 is 17.4. The van der Waals surface area contributed by atoms with Crippen LogP contribution in [-0.2, 0) is 9.47 Å². The molecule has 1 heterocycles. The summed E-state index contributed by atoms with van der Waals surface area (Å²) in [5.41, 5.74) is -0.442. The third kappa shape index (κ3) is 10.9. The van der Waals surface area contributed by atoms with Crippen molar-refractivity contribution in [2.24, 2.45) is 0 Å². The molecule has 1 aliphatic heterocycles. The molecule has 5 heteroatoms. The van der Waals surface area contributed by atoms with Crippen LogP contribution in [0.5, 0.6) is 0 Å². The van der Waals surface area contributed by atoms with Gasteiger partial charge in [0.15, 0.2) is 0 Å². The van der Waals surface area contributed by atoms with E-state index < -0.39 is 24.0 Å². The molecule has 30 heavy (non-hydrogen) atoms. The molecule has 1 aliphatic rings. The van der Waals surface area contributed by atoms with Gasteiger partial charge in [0, 0.05) is 0 Å². The molecule has 0 saturated carbocycles. The number of hydrogen-bond acceptors (Lipinski definition) is 3. The first-order valence-corrected chi connectivity index (χ1v) is 20.6. The van der Waals surface area contributed by atoms with Gasteiger partial charge >= 0.3 is 191 Å². The normalized spacial score (nSPS) is 17.8. The number of amides is 1. The van der Waals surface area contributed by atoms with Gasteiger partial charge in [-0.15, -0.1) is 0 Å². The van der Waals surface area contributed by atoms with Gasteiger partial charge < -0.3 is 0 Å². The summed E-state index contributed by atoms with van der Waals surface area (Å²) in [6.07, 6.45) is 14.2. The van der Waals surface area contributed by atoms with Crippen LogP contribution in [0.25, 0.3) is 0 Å². The number of nitrogens with zero attached hydrogens (tertiary/aromatic N) is 1. The summed E-state index contributed by atoms with van der Waals surface area (Å²) in [5, 5.41) is 0. The van der Waals surface area contributed by atoms with E-state index in [1.807, 2.05) is 25.7 Å². The molecule has 1 amide bonds. The van der Waals surface area contributed by atoms with E-state index in [1.54, 1.807) is 0 Å². The predicted octanol–water partition coefficient (Wildman–Crippen LogP) is 7.35. The second-order valence-electron chi connectivity index (χ2n) is 10.1. The number of likely N-dealkylation sites (tertiary alicyclic amines) is 1. The zero-order valence-electron chi connectivity index (χ0n) is 20.8. The average Bonchev–Trinajstić information content (AvgIpc) is 3.16. The standard InChI is InChI=1S/C13H22NO3.3C4H9.Sn/c1-13(2,3)17-12(15)14-9-5-7-11(14)8-6-10-16-4;3*1-3-4-2;/h6,8,11H,4-5,7,9-10H2,1-3H3;3*1,3-4H2,2H3;/b8-6-;;;;/t11-;;;;/m0..../s1. The second kappa shape index (κ2) is 14.8. The van der Waals surface area contributed by atoms with Crippen molar-refractivity contribution in [3.8, 4) is 0 Å². The molecule has 1 rings (SSSR count). The van der Waals surface area contributed by atoms with E-state index in [-0.39, 0.29) is 12.1 Å². The van der Waals surface area contributed by atoms with Crippen LogP contribution >= 0.6 is 0 Å². The van der Waals surface area contributed by atoms with Crippen LogP contribution < -0.4 is 0 Å². The molecule has 0 aromatic rings. The van der Waals surface area contributed by atoms with Gasteiger partial charge in [0.05, 0.1) is 0 Å². The van der Waals surface area contributed by atoms with Crippen molar-refractivity contribution in [1.82, 2.24) is 4.90 Å². The number of carbonyl (C=O) groups is 1. The molecule has 0 spiro atoms. The first-order valence-electron chi connectivity index (χ1n) is 12.5. The summed E-state index contributed by atoms with van der Waals surface area (Å²) in [4.78, 5) is 14.3. The molecule has 0 N–H and O–H groups in total. The van der Waals surface area contributed by atoms with E-state index in [2.05, 4.69) is 32.9 Å². The monoisotopic (exact) mass is 531 g/mol. The van der Waals surface area contributed by atoms with Crippen molar-refractivity contribution < 1.29 is 14.3 Å². The molecular formula is C25H49NO3Sn. The summed E-state index contributed by atoms with van der Waals surface area (Å²) in [5.74, 6) is 0. The van der Waals surface area contributed by atoms with Gasteiger partial charge in [-0.05, 0) is 0 Å². The van der Waals surface area contributed by atoms with Crippen molar-refractivity contribution in [3.05, 3.63) is 12.2 Å². The molecule has 0 unspecified atom stereocenters. The van der Waals surface area contributed by atoms with Gasteiger partial charge in [0.25, 0.3) is 0 Å². The molecule has 4 nitrogen and oxygen atoms in total.